The number of urea groups is 1. The molecule has 1 fully saturated rings. The van der Waals surface area contributed by atoms with Crippen LogP contribution in [0.5, 0.6) is 11.5 Å². The standard InChI is InChI=1S/C19H22N2O3/c1-14-5-4-6-16(11-14)24-18-8-3-2-7-17(18)20-19(23)21-10-9-15(12-21)13-22/h2-8,11,15,22H,9-10,12-13H2,1H3,(H,20,23). The van der Waals surface area contributed by atoms with Crippen LogP contribution in [0.25, 0.3) is 0 Å². The molecule has 2 aromatic rings. The van der Waals surface area contributed by atoms with Gasteiger partial charge in [-0.15, -0.1) is 0 Å². The number of hydrogen-bond acceptors (Lipinski definition) is 3. The van der Waals surface area contributed by atoms with Gasteiger partial charge in [0, 0.05) is 25.6 Å². The van der Waals surface area contributed by atoms with E-state index in [1.165, 1.54) is 0 Å². The molecule has 1 aliphatic heterocycles. The summed E-state index contributed by atoms with van der Waals surface area (Å²) in [6, 6.07) is 15.0. The van der Waals surface area contributed by atoms with E-state index in [2.05, 4.69) is 5.32 Å². The van der Waals surface area contributed by atoms with Gasteiger partial charge in [-0.25, -0.2) is 4.79 Å². The Kier molecular flexibility index (Phi) is 5.01. The maximum Gasteiger partial charge on any atom is 0.321 e. The molecule has 1 atom stereocenters. The van der Waals surface area contributed by atoms with E-state index in [0.717, 1.165) is 17.7 Å². The van der Waals surface area contributed by atoms with Crippen molar-refractivity contribution in [1.82, 2.24) is 4.90 Å². The number of nitrogens with one attached hydrogen (secondary N) is 1. The van der Waals surface area contributed by atoms with Gasteiger partial charge in [0.2, 0.25) is 0 Å². The SMILES string of the molecule is Cc1cccc(Oc2ccccc2NC(=O)N2CCC(CO)C2)c1. The molecule has 2 aromatic carbocycles. The Morgan fingerprint density at radius 1 is 1.29 bits per heavy atom. The van der Waals surface area contributed by atoms with Gasteiger partial charge in [0.15, 0.2) is 5.75 Å². The number of nitrogens with zero attached hydrogens (tertiary/aromatic N) is 1. The molecule has 0 saturated carbocycles. The minimum atomic E-state index is -0.161. The van der Waals surface area contributed by atoms with Crippen LogP contribution in [-0.2, 0) is 0 Å². The molecule has 2 amide bonds. The van der Waals surface area contributed by atoms with Gasteiger partial charge >= 0.3 is 6.03 Å². The molecule has 1 unspecified atom stereocenters. The second-order valence-corrected chi connectivity index (χ2v) is 6.13. The van der Waals surface area contributed by atoms with Crippen molar-refractivity contribution in [3.8, 4) is 11.5 Å². The summed E-state index contributed by atoms with van der Waals surface area (Å²) in [5.41, 5.74) is 1.75. The molecule has 2 N–H and O–H groups in total. The molecule has 1 saturated heterocycles. The number of aryl methyl sites for hydroxylation is 1. The van der Waals surface area contributed by atoms with Crippen LogP contribution >= 0.6 is 0 Å². The van der Waals surface area contributed by atoms with Crippen LogP contribution in [0.15, 0.2) is 48.5 Å². The summed E-state index contributed by atoms with van der Waals surface area (Å²) in [6.45, 7) is 3.38. The van der Waals surface area contributed by atoms with Crippen molar-refractivity contribution in [1.29, 1.82) is 0 Å². The van der Waals surface area contributed by atoms with Gasteiger partial charge in [-0.2, -0.15) is 0 Å². The van der Waals surface area contributed by atoms with E-state index in [9.17, 15) is 9.90 Å². The molecule has 126 valence electrons. The Morgan fingerprint density at radius 2 is 2.12 bits per heavy atom. The minimum Gasteiger partial charge on any atom is -0.455 e. The maximum atomic E-state index is 12.4. The average Bonchev–Trinajstić information content (AvgIpc) is 3.06. The molecule has 24 heavy (non-hydrogen) atoms. The third-order valence-electron chi connectivity index (χ3n) is 4.18. The molecule has 1 aliphatic rings. The largest absolute Gasteiger partial charge is 0.455 e. The number of hydrogen-bond donors (Lipinski definition) is 2. The zero-order valence-corrected chi connectivity index (χ0v) is 13.7. The fourth-order valence-corrected chi connectivity index (χ4v) is 2.83. The van der Waals surface area contributed by atoms with Gasteiger partial charge in [0.25, 0.3) is 0 Å². The van der Waals surface area contributed by atoms with Crippen LogP contribution in [0.1, 0.15) is 12.0 Å². The second kappa shape index (κ2) is 7.36. The van der Waals surface area contributed by atoms with Crippen molar-refractivity contribution in [2.24, 2.45) is 5.92 Å². The first kappa shape index (κ1) is 16.3. The molecule has 5 heteroatoms. The molecular formula is C19H22N2O3. The molecule has 0 bridgehead atoms. The van der Waals surface area contributed by atoms with E-state index in [1.54, 1.807) is 4.90 Å². The summed E-state index contributed by atoms with van der Waals surface area (Å²) < 4.78 is 5.92. The predicted octanol–water partition coefficient (Wildman–Crippen LogP) is 3.63. The molecule has 0 spiro atoms. The van der Waals surface area contributed by atoms with Crippen LogP contribution in [0.3, 0.4) is 0 Å². The lowest BCUT2D eigenvalue weighted by Crippen LogP contribution is -2.33. The molecular weight excluding hydrogens is 304 g/mol. The molecule has 3 rings (SSSR count). The van der Waals surface area contributed by atoms with E-state index in [-0.39, 0.29) is 18.6 Å². The van der Waals surface area contributed by atoms with Gasteiger partial charge in [0.1, 0.15) is 5.75 Å². The van der Waals surface area contributed by atoms with Gasteiger partial charge < -0.3 is 20.1 Å². The first-order chi connectivity index (χ1) is 11.7. The zero-order valence-electron chi connectivity index (χ0n) is 13.7. The highest BCUT2D eigenvalue weighted by molar-refractivity contribution is 5.91. The third-order valence-corrected chi connectivity index (χ3v) is 4.18. The first-order valence-corrected chi connectivity index (χ1v) is 8.16. The summed E-state index contributed by atoms with van der Waals surface area (Å²) in [5.74, 6) is 1.52. The quantitative estimate of drug-likeness (QED) is 0.902. The van der Waals surface area contributed by atoms with Crippen molar-refractivity contribution in [3.05, 3.63) is 54.1 Å². The summed E-state index contributed by atoms with van der Waals surface area (Å²) in [7, 11) is 0. The Hall–Kier alpha value is -2.53. The first-order valence-electron chi connectivity index (χ1n) is 8.16. The highest BCUT2D eigenvalue weighted by atomic mass is 16.5. The molecule has 0 aromatic heterocycles. The molecule has 0 aliphatic carbocycles. The minimum absolute atomic E-state index is 0.122. The van der Waals surface area contributed by atoms with Crippen LogP contribution in [0, 0.1) is 12.8 Å². The van der Waals surface area contributed by atoms with Gasteiger partial charge in [-0.05, 0) is 43.2 Å². The number of likely N-dealkylation sites (tertiary alicyclic amines) is 1. The number of ether oxygens (including phenoxy) is 1. The third kappa shape index (κ3) is 3.86. The van der Waals surface area contributed by atoms with Crippen LogP contribution in [0.4, 0.5) is 10.5 Å². The van der Waals surface area contributed by atoms with Crippen molar-refractivity contribution in [2.45, 2.75) is 13.3 Å². The lowest BCUT2D eigenvalue weighted by molar-refractivity contribution is 0.208. The number of benzene rings is 2. The Labute approximate surface area is 141 Å². The number of amides is 2. The van der Waals surface area contributed by atoms with E-state index in [0.29, 0.717) is 24.5 Å². The smallest absolute Gasteiger partial charge is 0.321 e. The van der Waals surface area contributed by atoms with Gasteiger partial charge in [-0.1, -0.05) is 24.3 Å². The maximum absolute atomic E-state index is 12.4. The highest BCUT2D eigenvalue weighted by Gasteiger charge is 2.26. The monoisotopic (exact) mass is 326 g/mol. The number of carbonyl (C=O) groups excluding carboxylic acids is 1. The number of aliphatic hydroxyl groups is 1. The number of anilines is 1. The Morgan fingerprint density at radius 3 is 2.88 bits per heavy atom. The number of carbonyl (C=O) groups is 1. The molecule has 1 heterocycles. The van der Waals surface area contributed by atoms with Crippen molar-refractivity contribution < 1.29 is 14.6 Å². The van der Waals surface area contributed by atoms with Crippen LogP contribution < -0.4 is 10.1 Å². The fourth-order valence-electron chi connectivity index (χ4n) is 2.83. The van der Waals surface area contributed by atoms with Crippen LogP contribution in [0.2, 0.25) is 0 Å². The highest BCUT2D eigenvalue weighted by Crippen LogP contribution is 2.30. The van der Waals surface area contributed by atoms with E-state index >= 15 is 0 Å². The van der Waals surface area contributed by atoms with E-state index in [1.807, 2.05) is 55.5 Å². The topological polar surface area (TPSA) is 61.8 Å². The van der Waals surface area contributed by atoms with Crippen LogP contribution in [-0.4, -0.2) is 35.7 Å². The van der Waals surface area contributed by atoms with Gasteiger partial charge in [-0.3, -0.25) is 0 Å². The lowest BCUT2D eigenvalue weighted by atomic mass is 10.1. The number of para-hydroxylation sites is 2. The van der Waals surface area contributed by atoms with Crippen molar-refractivity contribution >= 4 is 11.7 Å². The normalized spacial score (nSPS) is 16.9. The summed E-state index contributed by atoms with van der Waals surface area (Å²) in [5, 5.41) is 12.1. The van der Waals surface area contributed by atoms with E-state index < -0.39 is 0 Å². The summed E-state index contributed by atoms with van der Waals surface area (Å²) in [6.07, 6.45) is 0.839. The van der Waals surface area contributed by atoms with Crippen molar-refractivity contribution in [3.63, 3.8) is 0 Å². The molecule has 5 nitrogen and oxygen atoms in total. The summed E-state index contributed by atoms with van der Waals surface area (Å²) >= 11 is 0. The second-order valence-electron chi connectivity index (χ2n) is 6.13. The average molecular weight is 326 g/mol. The number of aliphatic hydroxyl groups excluding tert-OH is 1. The Balaban J connectivity index is 1.71. The van der Waals surface area contributed by atoms with Crippen molar-refractivity contribution in [2.75, 3.05) is 25.0 Å². The van der Waals surface area contributed by atoms with Gasteiger partial charge in [0.05, 0.1) is 5.69 Å². The predicted molar refractivity (Wildman–Crippen MR) is 93.5 cm³/mol. The summed E-state index contributed by atoms with van der Waals surface area (Å²) in [4.78, 5) is 14.1. The zero-order chi connectivity index (χ0) is 16.9. The lowest BCUT2D eigenvalue weighted by Gasteiger charge is -2.18. The Bertz CT molecular complexity index is 717. The van der Waals surface area contributed by atoms with E-state index in [4.69, 9.17) is 4.74 Å². The number of rotatable bonds is 4. The molecule has 0 radical (unpaired) electrons. The fraction of sp³-hybridized carbons (Fsp3) is 0.316.